The molecule has 5 heteroatoms. The van der Waals surface area contributed by atoms with Gasteiger partial charge in [-0.25, -0.2) is 0 Å². The van der Waals surface area contributed by atoms with Crippen LogP contribution in [-0.4, -0.2) is 22.0 Å². The fourth-order valence-electron chi connectivity index (χ4n) is 2.11. The Morgan fingerprint density at radius 3 is 2.62 bits per heavy atom. The first-order chi connectivity index (χ1) is 10.1. The minimum absolute atomic E-state index is 0.0681. The molecule has 1 heterocycles. The van der Waals surface area contributed by atoms with Crippen LogP contribution in [0, 0.1) is 0 Å². The summed E-state index contributed by atoms with van der Waals surface area (Å²) >= 11 is 0. The van der Waals surface area contributed by atoms with Crippen molar-refractivity contribution in [3.8, 4) is 0 Å². The third-order valence-electron chi connectivity index (χ3n) is 3.20. The lowest BCUT2D eigenvalue weighted by Crippen LogP contribution is -2.36. The van der Waals surface area contributed by atoms with E-state index in [1.165, 1.54) is 12.3 Å². The van der Waals surface area contributed by atoms with Gasteiger partial charge in [-0.2, -0.15) is 0 Å². The first kappa shape index (κ1) is 15.0. The van der Waals surface area contributed by atoms with E-state index in [1.807, 2.05) is 30.3 Å². The van der Waals surface area contributed by atoms with Gasteiger partial charge in [0, 0.05) is 12.2 Å². The van der Waals surface area contributed by atoms with Crippen molar-refractivity contribution in [3.05, 3.63) is 70.1 Å². The molecular formula is C16H18N2O3. The van der Waals surface area contributed by atoms with Crippen molar-refractivity contribution >= 4 is 5.91 Å². The minimum Gasteiger partial charge on any atom is -0.388 e. The molecule has 0 radical (unpaired) electrons. The summed E-state index contributed by atoms with van der Waals surface area (Å²) < 4.78 is 0. The quantitative estimate of drug-likeness (QED) is 0.781. The van der Waals surface area contributed by atoms with Gasteiger partial charge in [0.2, 0.25) is 0 Å². The standard InChI is InChI=1S/C16H18N2O3/c1-11(10-14(19)12-6-3-2-4-7-12)18-16(21)13-8-5-9-17-15(13)20/h2-9,11,14,19H,10H2,1H3,(H,17,20)(H,18,21). The van der Waals surface area contributed by atoms with Gasteiger partial charge in [0.25, 0.3) is 11.5 Å². The van der Waals surface area contributed by atoms with Crippen LogP contribution in [0.1, 0.15) is 35.4 Å². The summed E-state index contributed by atoms with van der Waals surface area (Å²) in [6.45, 7) is 1.79. The second-order valence-corrected chi connectivity index (χ2v) is 4.95. The van der Waals surface area contributed by atoms with E-state index in [9.17, 15) is 14.7 Å². The molecule has 110 valence electrons. The van der Waals surface area contributed by atoms with E-state index in [4.69, 9.17) is 0 Å². The number of aliphatic hydroxyl groups is 1. The summed E-state index contributed by atoms with van der Waals surface area (Å²) in [6, 6.07) is 12.1. The number of carbonyl (C=O) groups excluding carboxylic acids is 1. The summed E-state index contributed by atoms with van der Waals surface area (Å²) in [6.07, 6.45) is 1.19. The number of amides is 1. The van der Waals surface area contributed by atoms with Crippen LogP contribution < -0.4 is 10.9 Å². The molecule has 1 aromatic carbocycles. The number of H-pyrrole nitrogens is 1. The van der Waals surface area contributed by atoms with Gasteiger partial charge in [0.05, 0.1) is 6.10 Å². The number of rotatable bonds is 5. The number of pyridine rings is 1. The van der Waals surface area contributed by atoms with Crippen LogP contribution in [0.5, 0.6) is 0 Å². The molecule has 0 saturated heterocycles. The zero-order valence-electron chi connectivity index (χ0n) is 11.7. The lowest BCUT2D eigenvalue weighted by Gasteiger charge is -2.18. The zero-order valence-corrected chi connectivity index (χ0v) is 11.7. The van der Waals surface area contributed by atoms with Crippen LogP contribution in [-0.2, 0) is 0 Å². The van der Waals surface area contributed by atoms with Crippen molar-refractivity contribution in [2.75, 3.05) is 0 Å². The van der Waals surface area contributed by atoms with E-state index in [0.717, 1.165) is 5.56 Å². The highest BCUT2D eigenvalue weighted by Gasteiger charge is 2.16. The lowest BCUT2D eigenvalue weighted by atomic mass is 10.0. The Morgan fingerprint density at radius 2 is 1.95 bits per heavy atom. The zero-order chi connectivity index (χ0) is 15.2. The van der Waals surface area contributed by atoms with Crippen LogP contribution in [0.4, 0.5) is 0 Å². The Hall–Kier alpha value is -2.40. The molecule has 0 aliphatic rings. The largest absolute Gasteiger partial charge is 0.388 e. The molecule has 0 saturated carbocycles. The summed E-state index contributed by atoms with van der Waals surface area (Å²) in [5.74, 6) is -0.440. The van der Waals surface area contributed by atoms with Crippen LogP contribution in [0.3, 0.4) is 0 Å². The number of aromatic amines is 1. The van der Waals surface area contributed by atoms with Crippen molar-refractivity contribution in [3.63, 3.8) is 0 Å². The van der Waals surface area contributed by atoms with Crippen molar-refractivity contribution in [2.24, 2.45) is 0 Å². The van der Waals surface area contributed by atoms with Gasteiger partial charge in [-0.15, -0.1) is 0 Å². The average Bonchev–Trinajstić information content (AvgIpc) is 2.48. The SMILES string of the molecule is CC(CC(O)c1ccccc1)NC(=O)c1ccc[nH]c1=O. The highest BCUT2D eigenvalue weighted by molar-refractivity contribution is 5.93. The third kappa shape index (κ3) is 4.03. The predicted octanol–water partition coefficient (Wildman–Crippen LogP) is 1.62. The van der Waals surface area contributed by atoms with Crippen molar-refractivity contribution in [1.82, 2.24) is 10.3 Å². The van der Waals surface area contributed by atoms with E-state index in [2.05, 4.69) is 10.3 Å². The summed E-state index contributed by atoms with van der Waals surface area (Å²) in [7, 11) is 0. The lowest BCUT2D eigenvalue weighted by molar-refractivity contribution is 0.0915. The number of benzene rings is 1. The molecule has 0 fully saturated rings. The highest BCUT2D eigenvalue weighted by Crippen LogP contribution is 2.17. The van der Waals surface area contributed by atoms with Crippen molar-refractivity contribution in [1.29, 1.82) is 0 Å². The molecule has 1 amide bonds. The summed E-state index contributed by atoms with van der Waals surface area (Å²) in [5.41, 5.74) is 0.445. The number of hydrogen-bond acceptors (Lipinski definition) is 3. The number of carbonyl (C=O) groups is 1. The topological polar surface area (TPSA) is 82.2 Å². The maximum absolute atomic E-state index is 12.0. The Bertz CT molecular complexity index is 652. The van der Waals surface area contributed by atoms with Crippen LogP contribution in [0.2, 0.25) is 0 Å². The number of aliphatic hydroxyl groups excluding tert-OH is 1. The maximum atomic E-state index is 12.0. The van der Waals surface area contributed by atoms with Crippen LogP contribution >= 0.6 is 0 Å². The van der Waals surface area contributed by atoms with E-state index in [-0.39, 0.29) is 11.6 Å². The Labute approximate surface area is 122 Å². The number of aromatic nitrogens is 1. The second-order valence-electron chi connectivity index (χ2n) is 4.95. The van der Waals surface area contributed by atoms with Crippen molar-refractivity contribution < 1.29 is 9.90 Å². The summed E-state index contributed by atoms with van der Waals surface area (Å²) in [4.78, 5) is 26.0. The molecule has 2 aromatic rings. The minimum atomic E-state index is -0.657. The second kappa shape index (κ2) is 6.85. The number of nitrogens with one attached hydrogen (secondary N) is 2. The smallest absolute Gasteiger partial charge is 0.260 e. The molecular weight excluding hydrogens is 268 g/mol. The van der Waals surface area contributed by atoms with Crippen LogP contribution in [0.15, 0.2) is 53.5 Å². The molecule has 2 rings (SSSR count). The molecule has 0 aliphatic carbocycles. The van der Waals surface area contributed by atoms with Crippen LogP contribution in [0.25, 0.3) is 0 Å². The molecule has 0 aliphatic heterocycles. The molecule has 5 nitrogen and oxygen atoms in total. The van der Waals surface area contributed by atoms with Gasteiger partial charge < -0.3 is 15.4 Å². The molecule has 3 N–H and O–H groups in total. The fraction of sp³-hybridized carbons (Fsp3) is 0.250. The van der Waals surface area contributed by atoms with E-state index < -0.39 is 17.6 Å². The Morgan fingerprint density at radius 1 is 1.24 bits per heavy atom. The Kier molecular flexibility index (Phi) is 4.90. The van der Waals surface area contributed by atoms with E-state index in [0.29, 0.717) is 6.42 Å². The Balaban J connectivity index is 1.96. The van der Waals surface area contributed by atoms with Gasteiger partial charge in [0.1, 0.15) is 5.56 Å². The van der Waals surface area contributed by atoms with Gasteiger partial charge in [0.15, 0.2) is 0 Å². The van der Waals surface area contributed by atoms with E-state index >= 15 is 0 Å². The average molecular weight is 286 g/mol. The predicted molar refractivity (Wildman–Crippen MR) is 80.0 cm³/mol. The first-order valence-electron chi connectivity index (χ1n) is 6.79. The van der Waals surface area contributed by atoms with Gasteiger partial charge in [-0.1, -0.05) is 30.3 Å². The fourth-order valence-corrected chi connectivity index (χ4v) is 2.11. The summed E-state index contributed by atoms with van der Waals surface area (Å²) in [5, 5.41) is 12.8. The molecule has 0 bridgehead atoms. The molecule has 1 aromatic heterocycles. The first-order valence-corrected chi connectivity index (χ1v) is 6.79. The molecule has 0 spiro atoms. The van der Waals surface area contributed by atoms with Gasteiger partial charge in [-0.3, -0.25) is 9.59 Å². The third-order valence-corrected chi connectivity index (χ3v) is 3.20. The molecule has 21 heavy (non-hydrogen) atoms. The molecule has 2 unspecified atom stereocenters. The highest BCUT2D eigenvalue weighted by atomic mass is 16.3. The van der Waals surface area contributed by atoms with E-state index in [1.54, 1.807) is 13.0 Å². The van der Waals surface area contributed by atoms with Gasteiger partial charge >= 0.3 is 0 Å². The molecule has 2 atom stereocenters. The van der Waals surface area contributed by atoms with Crippen molar-refractivity contribution in [2.45, 2.75) is 25.5 Å². The maximum Gasteiger partial charge on any atom is 0.260 e. The monoisotopic (exact) mass is 286 g/mol. The normalized spacial score (nSPS) is 13.4. The number of hydrogen-bond donors (Lipinski definition) is 3. The van der Waals surface area contributed by atoms with Gasteiger partial charge in [-0.05, 0) is 31.0 Å².